The summed E-state index contributed by atoms with van der Waals surface area (Å²) in [6.07, 6.45) is 3.79. The number of hydrogen-bond donors (Lipinski definition) is 2. The van der Waals surface area contributed by atoms with E-state index in [2.05, 4.69) is 30.8 Å². The number of rotatable bonds is 11. The van der Waals surface area contributed by atoms with Crippen molar-refractivity contribution in [2.75, 3.05) is 25.4 Å². The van der Waals surface area contributed by atoms with Crippen molar-refractivity contribution >= 4 is 22.0 Å². The summed E-state index contributed by atoms with van der Waals surface area (Å²) in [5, 5.41) is 2.30. The van der Waals surface area contributed by atoms with Crippen LogP contribution in [-0.2, 0) is 20.4 Å². The summed E-state index contributed by atoms with van der Waals surface area (Å²) in [6.45, 7) is 7.86. The fraction of sp³-hybridized carbons (Fsp3) is 0.652. The zero-order valence-corrected chi connectivity index (χ0v) is 20.1. The van der Waals surface area contributed by atoms with Gasteiger partial charge in [-0.05, 0) is 48.8 Å². The smallest absolute Gasteiger partial charge is 0.324 e. The lowest BCUT2D eigenvalue weighted by atomic mass is 9.98. The molecule has 0 aromatic heterocycles. The van der Waals surface area contributed by atoms with E-state index in [1.807, 2.05) is 24.3 Å². The van der Waals surface area contributed by atoms with Crippen molar-refractivity contribution in [2.45, 2.75) is 64.8 Å². The molecule has 1 aromatic carbocycles. The highest BCUT2D eigenvalue weighted by Gasteiger charge is 2.47. The Balaban J connectivity index is 1.45. The van der Waals surface area contributed by atoms with Crippen LogP contribution in [0.4, 0.5) is 4.79 Å². The largest absolute Gasteiger partial charge is 0.493 e. The summed E-state index contributed by atoms with van der Waals surface area (Å²) in [7, 11) is -3.43. The van der Waals surface area contributed by atoms with Crippen LogP contribution in [0.15, 0.2) is 24.3 Å². The molecule has 8 nitrogen and oxygen atoms in total. The van der Waals surface area contributed by atoms with E-state index in [1.165, 1.54) is 0 Å². The molecule has 0 bridgehead atoms. The van der Waals surface area contributed by atoms with Crippen LogP contribution in [0.3, 0.4) is 0 Å². The van der Waals surface area contributed by atoms with Crippen LogP contribution >= 0.6 is 0 Å². The molecular formula is C23H35N3O5S. The van der Waals surface area contributed by atoms with Gasteiger partial charge >= 0.3 is 6.03 Å². The van der Waals surface area contributed by atoms with E-state index >= 15 is 0 Å². The van der Waals surface area contributed by atoms with Gasteiger partial charge in [0.25, 0.3) is 0 Å². The van der Waals surface area contributed by atoms with Crippen molar-refractivity contribution in [1.82, 2.24) is 14.9 Å². The fourth-order valence-electron chi connectivity index (χ4n) is 3.69. The zero-order chi connectivity index (χ0) is 23.4. The number of nitrogens with zero attached hydrogens (tertiary/aromatic N) is 1. The van der Waals surface area contributed by atoms with Gasteiger partial charge in [0.1, 0.15) is 5.75 Å². The van der Waals surface area contributed by atoms with Crippen LogP contribution in [0.5, 0.6) is 5.75 Å². The Morgan fingerprint density at radius 2 is 1.91 bits per heavy atom. The van der Waals surface area contributed by atoms with Gasteiger partial charge in [-0.2, -0.15) is 0 Å². The minimum absolute atomic E-state index is 0.0457. The van der Waals surface area contributed by atoms with Gasteiger partial charge < -0.3 is 9.64 Å². The summed E-state index contributed by atoms with van der Waals surface area (Å²) in [4.78, 5) is 24.5. The second-order valence-electron chi connectivity index (χ2n) is 10.0. The Morgan fingerprint density at radius 1 is 1.16 bits per heavy atom. The normalized spacial score (nSPS) is 18.4. The highest BCUT2D eigenvalue weighted by molar-refractivity contribution is 7.89. The molecule has 0 radical (unpaired) electrons. The monoisotopic (exact) mass is 465 g/mol. The number of sulfonamides is 1. The van der Waals surface area contributed by atoms with Crippen LogP contribution in [-0.4, -0.2) is 50.7 Å². The van der Waals surface area contributed by atoms with Gasteiger partial charge in [-0.15, -0.1) is 0 Å². The van der Waals surface area contributed by atoms with E-state index in [1.54, 1.807) is 4.90 Å². The van der Waals surface area contributed by atoms with Crippen LogP contribution in [0.2, 0.25) is 0 Å². The molecule has 178 valence electrons. The molecule has 1 heterocycles. The van der Waals surface area contributed by atoms with E-state index in [-0.39, 0.29) is 23.1 Å². The lowest BCUT2D eigenvalue weighted by molar-refractivity contribution is -0.121. The Morgan fingerprint density at radius 3 is 2.56 bits per heavy atom. The van der Waals surface area contributed by atoms with E-state index < -0.39 is 15.6 Å². The third-order valence-corrected chi connectivity index (χ3v) is 7.17. The quantitative estimate of drug-likeness (QED) is 0.489. The number of ether oxygens (including phenoxy) is 1. The van der Waals surface area contributed by atoms with Crippen molar-refractivity contribution in [1.29, 1.82) is 0 Å². The van der Waals surface area contributed by atoms with Crippen LogP contribution in [0.1, 0.15) is 64.9 Å². The molecule has 0 atom stereocenters. The van der Waals surface area contributed by atoms with Crippen LogP contribution in [0, 0.1) is 5.41 Å². The number of benzene rings is 1. The Kier molecular flexibility index (Phi) is 7.50. The molecule has 3 amide bonds. The van der Waals surface area contributed by atoms with Crippen molar-refractivity contribution < 1.29 is 22.7 Å². The number of amides is 3. The molecule has 2 N–H and O–H groups in total. The first-order valence-corrected chi connectivity index (χ1v) is 13.0. The number of urea groups is 1. The lowest BCUT2D eigenvalue weighted by Crippen LogP contribution is -2.49. The molecular weight excluding hydrogens is 430 g/mol. The molecule has 2 aliphatic rings. The molecule has 32 heavy (non-hydrogen) atoms. The van der Waals surface area contributed by atoms with E-state index in [0.29, 0.717) is 45.4 Å². The number of unbranched alkanes of at least 4 members (excludes halogenated alkanes) is 2. The molecule has 0 unspecified atom stereocenters. The lowest BCUT2D eigenvalue weighted by Gasteiger charge is -2.26. The highest BCUT2D eigenvalue weighted by atomic mass is 32.2. The minimum atomic E-state index is -3.43. The van der Waals surface area contributed by atoms with Gasteiger partial charge in [-0.25, -0.2) is 17.9 Å². The molecule has 2 fully saturated rings. The average Bonchev–Trinajstić information content (AvgIpc) is 3.47. The summed E-state index contributed by atoms with van der Waals surface area (Å²) >= 11 is 0. The van der Waals surface area contributed by atoms with E-state index in [0.717, 1.165) is 24.2 Å². The van der Waals surface area contributed by atoms with Crippen molar-refractivity contribution in [3.63, 3.8) is 0 Å². The number of nitrogens with one attached hydrogen (secondary N) is 2. The van der Waals surface area contributed by atoms with Gasteiger partial charge in [-0.3, -0.25) is 10.1 Å². The van der Waals surface area contributed by atoms with Gasteiger partial charge in [0.2, 0.25) is 15.9 Å². The fourth-order valence-corrected chi connectivity index (χ4v) is 5.29. The third-order valence-electron chi connectivity index (χ3n) is 5.64. The molecule has 1 aromatic rings. The van der Waals surface area contributed by atoms with E-state index in [4.69, 9.17) is 4.74 Å². The molecule has 1 saturated heterocycles. The second-order valence-corrected chi connectivity index (χ2v) is 11.9. The van der Waals surface area contributed by atoms with Crippen LogP contribution < -0.4 is 14.8 Å². The zero-order valence-electron chi connectivity index (χ0n) is 19.3. The predicted octanol–water partition coefficient (Wildman–Crippen LogP) is 3.13. The Labute approximate surface area is 191 Å². The Bertz CT molecular complexity index is 935. The maximum absolute atomic E-state index is 12.7. The van der Waals surface area contributed by atoms with Gasteiger partial charge in [0.05, 0.1) is 17.9 Å². The number of imide groups is 1. The first kappa shape index (κ1) is 24.5. The SMILES string of the molecule is CC(C)(C)COc1cccc(C2(NS(=O)(=O)CCCCCN3CCC(=O)NC3=O)CC2)c1. The maximum Gasteiger partial charge on any atom is 0.324 e. The van der Waals surface area contributed by atoms with Crippen molar-refractivity contribution in [3.8, 4) is 5.75 Å². The molecule has 1 aliphatic heterocycles. The van der Waals surface area contributed by atoms with Gasteiger partial charge in [-0.1, -0.05) is 39.3 Å². The first-order valence-electron chi connectivity index (χ1n) is 11.3. The standard InChI is InChI=1S/C23H35N3O5S/c1-22(2,3)17-31-19-9-7-8-18(16-19)23(11-12-23)25-32(29,30)15-6-4-5-13-26-14-10-20(27)24-21(26)28/h7-9,16,25H,4-6,10-15,17H2,1-3H3,(H,24,27,28). The maximum atomic E-state index is 12.7. The number of carbonyl (C=O) groups excluding carboxylic acids is 2. The summed E-state index contributed by atoms with van der Waals surface area (Å²) in [5.74, 6) is 0.565. The summed E-state index contributed by atoms with van der Waals surface area (Å²) in [5.41, 5.74) is 0.459. The van der Waals surface area contributed by atoms with Crippen molar-refractivity contribution in [3.05, 3.63) is 29.8 Å². The second kappa shape index (κ2) is 9.79. The molecule has 1 saturated carbocycles. The predicted molar refractivity (Wildman–Crippen MR) is 123 cm³/mol. The average molecular weight is 466 g/mol. The number of hydrogen-bond acceptors (Lipinski definition) is 5. The topological polar surface area (TPSA) is 105 Å². The first-order chi connectivity index (χ1) is 15.0. The van der Waals surface area contributed by atoms with Gasteiger partial charge in [0, 0.05) is 19.5 Å². The molecule has 1 aliphatic carbocycles. The molecule has 0 spiro atoms. The minimum Gasteiger partial charge on any atom is -0.493 e. The van der Waals surface area contributed by atoms with E-state index in [9.17, 15) is 18.0 Å². The van der Waals surface area contributed by atoms with Crippen molar-refractivity contribution in [2.24, 2.45) is 5.41 Å². The van der Waals surface area contributed by atoms with Crippen LogP contribution in [0.25, 0.3) is 0 Å². The number of carbonyl (C=O) groups is 2. The summed E-state index contributed by atoms with van der Waals surface area (Å²) in [6, 6.07) is 7.34. The highest BCUT2D eigenvalue weighted by Crippen LogP contribution is 2.47. The Hall–Kier alpha value is -2.13. The third kappa shape index (κ3) is 7.20. The summed E-state index contributed by atoms with van der Waals surface area (Å²) < 4.78 is 34.2. The molecule has 9 heteroatoms. The molecule has 3 rings (SSSR count). The van der Waals surface area contributed by atoms with Gasteiger partial charge in [0.15, 0.2) is 0 Å².